The van der Waals surface area contributed by atoms with Crippen molar-refractivity contribution >= 4 is 32.8 Å². The molecule has 1 aliphatic rings. The Bertz CT molecular complexity index is 681. The van der Waals surface area contributed by atoms with Crippen LogP contribution in [0.5, 0.6) is 0 Å². The van der Waals surface area contributed by atoms with Crippen molar-refractivity contribution in [2.75, 3.05) is 5.33 Å². The summed E-state index contributed by atoms with van der Waals surface area (Å²) in [6.45, 7) is 0. The van der Waals surface area contributed by atoms with Crippen LogP contribution in [0.1, 0.15) is 35.4 Å². The smallest absolute Gasteiger partial charge is 0.233 e. The van der Waals surface area contributed by atoms with Gasteiger partial charge in [0, 0.05) is 5.33 Å². The van der Waals surface area contributed by atoms with E-state index in [0.717, 1.165) is 41.3 Å². The summed E-state index contributed by atoms with van der Waals surface area (Å²) < 4.78 is 0. The van der Waals surface area contributed by atoms with Gasteiger partial charge >= 0.3 is 0 Å². The summed E-state index contributed by atoms with van der Waals surface area (Å²) in [5.41, 5.74) is 5.73. The lowest BCUT2D eigenvalue weighted by Gasteiger charge is -2.13. The third kappa shape index (κ3) is 2.67. The van der Waals surface area contributed by atoms with E-state index in [1.807, 2.05) is 18.2 Å². The normalized spacial score (nSPS) is 15.6. The summed E-state index contributed by atoms with van der Waals surface area (Å²) in [6, 6.07) is 14.4. The number of hydrogen-bond acceptors (Lipinski definition) is 1. The van der Waals surface area contributed by atoms with Gasteiger partial charge < -0.3 is 0 Å². The van der Waals surface area contributed by atoms with Crippen LogP contribution in [-0.4, -0.2) is 10.6 Å². The molecule has 0 saturated heterocycles. The maximum atomic E-state index is 12.0. The molecule has 0 aromatic heterocycles. The molecule has 21 heavy (non-hydrogen) atoms. The quantitative estimate of drug-likeness (QED) is 0.401. The Morgan fingerprint density at radius 1 is 1.05 bits per heavy atom. The Balaban J connectivity index is 2.09. The number of unbranched alkanes of at least 4 members (excludes halogenated alkanes) is 1. The molecule has 0 bridgehead atoms. The molecule has 108 valence electrons. The van der Waals surface area contributed by atoms with Crippen molar-refractivity contribution in [2.24, 2.45) is 0 Å². The van der Waals surface area contributed by atoms with Crippen LogP contribution < -0.4 is 0 Å². The Labute approximate surface area is 138 Å². The van der Waals surface area contributed by atoms with Crippen molar-refractivity contribution in [3.05, 3.63) is 59.2 Å². The monoisotopic (exact) mass is 362 g/mol. The zero-order valence-corrected chi connectivity index (χ0v) is 14.0. The minimum atomic E-state index is -0.307. The first-order chi connectivity index (χ1) is 10.2. The number of halogens is 2. The Hall–Kier alpha value is -1.12. The van der Waals surface area contributed by atoms with Crippen molar-refractivity contribution < 1.29 is 4.79 Å². The van der Waals surface area contributed by atoms with Gasteiger partial charge in [-0.25, -0.2) is 0 Å². The highest BCUT2D eigenvalue weighted by atomic mass is 79.9. The van der Waals surface area contributed by atoms with Crippen LogP contribution in [0.4, 0.5) is 0 Å². The van der Waals surface area contributed by atoms with E-state index in [2.05, 4.69) is 40.2 Å². The molecule has 0 radical (unpaired) electrons. The molecule has 0 saturated carbocycles. The minimum absolute atomic E-state index is 0.283. The van der Waals surface area contributed by atoms with Gasteiger partial charge in [0.05, 0.1) is 5.92 Å². The van der Waals surface area contributed by atoms with E-state index in [1.54, 1.807) is 0 Å². The van der Waals surface area contributed by atoms with Gasteiger partial charge in [-0.1, -0.05) is 58.4 Å². The second-order valence-corrected chi connectivity index (χ2v) is 6.51. The second-order valence-electron chi connectivity index (χ2n) is 5.35. The summed E-state index contributed by atoms with van der Waals surface area (Å²) in [7, 11) is 0. The van der Waals surface area contributed by atoms with Gasteiger partial charge in [0.25, 0.3) is 0 Å². The number of rotatable bonds is 5. The number of aryl methyl sites for hydroxylation is 1. The van der Waals surface area contributed by atoms with Crippen molar-refractivity contribution in [3.63, 3.8) is 0 Å². The van der Waals surface area contributed by atoms with Crippen molar-refractivity contribution in [1.82, 2.24) is 0 Å². The molecule has 0 N–H and O–H groups in total. The van der Waals surface area contributed by atoms with Crippen molar-refractivity contribution in [2.45, 2.75) is 25.2 Å². The molecule has 3 rings (SSSR count). The highest BCUT2D eigenvalue weighted by Gasteiger charge is 2.34. The van der Waals surface area contributed by atoms with E-state index in [9.17, 15) is 4.79 Å². The summed E-state index contributed by atoms with van der Waals surface area (Å²) in [4.78, 5) is 12.0. The van der Waals surface area contributed by atoms with E-state index >= 15 is 0 Å². The highest BCUT2D eigenvalue weighted by Crippen LogP contribution is 2.47. The van der Waals surface area contributed by atoms with Gasteiger partial charge in [-0.05, 0) is 58.7 Å². The number of benzene rings is 2. The molecule has 3 heteroatoms. The molecule has 1 aliphatic carbocycles. The standard InChI is InChI=1S/C18H16BrClO/c19-11-4-3-6-12-7-5-10-14-13-8-1-2-9-15(13)17(16(12)14)18(20)21/h1-2,5,7-10,17H,3-4,6,11H2. The summed E-state index contributed by atoms with van der Waals surface area (Å²) in [6.07, 6.45) is 3.24. The fraction of sp³-hybridized carbons (Fsp3) is 0.278. The number of carbonyl (C=O) groups is 1. The van der Waals surface area contributed by atoms with Gasteiger partial charge in [0.15, 0.2) is 0 Å². The van der Waals surface area contributed by atoms with Crippen LogP contribution in [0, 0.1) is 0 Å². The lowest BCUT2D eigenvalue weighted by Crippen LogP contribution is -2.07. The van der Waals surface area contributed by atoms with Crippen LogP contribution in [0.25, 0.3) is 11.1 Å². The number of alkyl halides is 1. The molecule has 2 aromatic carbocycles. The number of carbonyl (C=O) groups excluding carboxylic acids is 1. The third-order valence-electron chi connectivity index (χ3n) is 4.10. The summed E-state index contributed by atoms with van der Waals surface area (Å²) in [5.74, 6) is -0.307. The van der Waals surface area contributed by atoms with Gasteiger partial charge in [-0.15, -0.1) is 0 Å². The molecular formula is C18H16BrClO. The van der Waals surface area contributed by atoms with Crippen LogP contribution in [0.15, 0.2) is 42.5 Å². The Kier molecular flexibility index (Phi) is 4.46. The predicted octanol–water partition coefficient (Wildman–Crippen LogP) is 5.28. The van der Waals surface area contributed by atoms with E-state index in [0.29, 0.717) is 0 Å². The topological polar surface area (TPSA) is 17.1 Å². The van der Waals surface area contributed by atoms with Crippen LogP contribution in [0.2, 0.25) is 0 Å². The van der Waals surface area contributed by atoms with Gasteiger partial charge in [-0.3, -0.25) is 4.79 Å². The van der Waals surface area contributed by atoms with Crippen molar-refractivity contribution in [3.8, 4) is 11.1 Å². The van der Waals surface area contributed by atoms with Crippen LogP contribution >= 0.6 is 27.5 Å². The maximum absolute atomic E-state index is 12.0. The summed E-state index contributed by atoms with van der Waals surface area (Å²) >= 11 is 9.39. The van der Waals surface area contributed by atoms with Gasteiger partial charge in [-0.2, -0.15) is 0 Å². The Morgan fingerprint density at radius 2 is 1.81 bits per heavy atom. The first-order valence-electron chi connectivity index (χ1n) is 7.20. The molecule has 1 nitrogen and oxygen atoms in total. The lowest BCUT2D eigenvalue weighted by molar-refractivity contribution is -0.112. The summed E-state index contributed by atoms with van der Waals surface area (Å²) in [5, 5.41) is 0.731. The zero-order chi connectivity index (χ0) is 14.8. The van der Waals surface area contributed by atoms with E-state index in [1.165, 1.54) is 11.1 Å². The minimum Gasteiger partial charge on any atom is -0.280 e. The lowest BCUT2D eigenvalue weighted by atomic mass is 9.91. The Morgan fingerprint density at radius 3 is 2.57 bits per heavy atom. The number of fused-ring (bicyclic) bond motifs is 3. The zero-order valence-electron chi connectivity index (χ0n) is 11.6. The molecule has 0 aliphatic heterocycles. The molecule has 1 unspecified atom stereocenters. The predicted molar refractivity (Wildman–Crippen MR) is 91.3 cm³/mol. The van der Waals surface area contributed by atoms with E-state index in [4.69, 9.17) is 11.6 Å². The molecule has 0 fully saturated rings. The molecular weight excluding hydrogens is 348 g/mol. The van der Waals surface area contributed by atoms with Crippen LogP contribution in [0.3, 0.4) is 0 Å². The van der Waals surface area contributed by atoms with Gasteiger partial charge in [0.1, 0.15) is 0 Å². The van der Waals surface area contributed by atoms with E-state index < -0.39 is 0 Å². The molecule has 0 amide bonds. The highest BCUT2D eigenvalue weighted by molar-refractivity contribution is 9.09. The van der Waals surface area contributed by atoms with Gasteiger partial charge in [0.2, 0.25) is 5.24 Å². The maximum Gasteiger partial charge on any atom is 0.233 e. The fourth-order valence-corrected chi connectivity index (χ4v) is 3.83. The average Bonchev–Trinajstić information content (AvgIpc) is 2.83. The molecule has 1 atom stereocenters. The van der Waals surface area contributed by atoms with Crippen LogP contribution in [-0.2, 0) is 11.2 Å². The third-order valence-corrected chi connectivity index (χ3v) is 4.88. The fourth-order valence-electron chi connectivity index (χ4n) is 3.20. The largest absolute Gasteiger partial charge is 0.280 e. The first kappa shape index (κ1) is 14.8. The molecule has 0 heterocycles. The number of hydrogen-bond donors (Lipinski definition) is 0. The second kappa shape index (κ2) is 6.33. The molecule has 0 spiro atoms. The van der Waals surface area contributed by atoms with E-state index in [-0.39, 0.29) is 11.2 Å². The van der Waals surface area contributed by atoms with Crippen molar-refractivity contribution in [1.29, 1.82) is 0 Å². The average molecular weight is 364 g/mol. The first-order valence-corrected chi connectivity index (χ1v) is 8.70. The molecule has 2 aromatic rings. The SMILES string of the molecule is O=C(Cl)C1c2ccccc2-c2cccc(CCCCBr)c21.